The molecule has 0 heterocycles. The van der Waals surface area contributed by atoms with Crippen molar-refractivity contribution in [2.45, 2.75) is 37.5 Å². The average molecular weight is 238 g/mol. The second kappa shape index (κ2) is 4.91. The summed E-state index contributed by atoms with van der Waals surface area (Å²) in [4.78, 5) is 0.558. The molecule has 1 fully saturated rings. The molecule has 1 aliphatic rings. The molecule has 2 rings (SSSR count). The van der Waals surface area contributed by atoms with E-state index in [1.807, 2.05) is 19.1 Å². The van der Waals surface area contributed by atoms with Gasteiger partial charge < -0.3 is 0 Å². The molecule has 1 aromatic rings. The number of rotatable bonds is 2. The zero-order chi connectivity index (χ0) is 11.5. The molecule has 1 nitrogen and oxygen atoms in total. The Bertz CT molecular complexity index is 426. The van der Waals surface area contributed by atoms with Crippen molar-refractivity contribution in [3.63, 3.8) is 0 Å². The summed E-state index contributed by atoms with van der Waals surface area (Å²) in [7, 11) is -1.61. The zero-order valence-corrected chi connectivity index (χ0v) is 10.1. The summed E-state index contributed by atoms with van der Waals surface area (Å²) in [6, 6.07) is 7.20. The monoisotopic (exact) mass is 238 g/mol. The van der Waals surface area contributed by atoms with Gasteiger partial charge in [-0.15, -0.1) is 0 Å². The first-order valence-corrected chi connectivity index (χ1v) is 6.69. The van der Waals surface area contributed by atoms with Crippen LogP contribution in [0.15, 0.2) is 39.9 Å². The van der Waals surface area contributed by atoms with Crippen molar-refractivity contribution in [3.05, 3.63) is 40.6 Å². The van der Waals surface area contributed by atoms with E-state index in [4.69, 9.17) is 0 Å². The lowest BCUT2D eigenvalue weighted by atomic mass is 10.2. The number of halogens is 1. The smallest absolute Gasteiger partial charge is 0.190 e. The van der Waals surface area contributed by atoms with Gasteiger partial charge in [0.15, 0.2) is 5.16 Å². The van der Waals surface area contributed by atoms with Crippen molar-refractivity contribution < 1.29 is 8.60 Å². The molecule has 0 aliphatic heterocycles. The van der Waals surface area contributed by atoms with Crippen LogP contribution in [-0.4, -0.2) is 4.21 Å². The van der Waals surface area contributed by atoms with E-state index in [-0.39, 0.29) is 0 Å². The third-order valence-corrected chi connectivity index (χ3v) is 4.20. The fraction of sp³-hybridized carbons (Fsp3) is 0.385. The summed E-state index contributed by atoms with van der Waals surface area (Å²) >= 11 is 0. The Morgan fingerprint density at radius 2 is 1.75 bits per heavy atom. The van der Waals surface area contributed by atoms with E-state index >= 15 is 0 Å². The van der Waals surface area contributed by atoms with E-state index < -0.39 is 16.0 Å². The first kappa shape index (κ1) is 11.5. The normalized spacial score (nSPS) is 17.5. The second-order valence-corrected chi connectivity index (χ2v) is 5.53. The number of allylic oxidation sites excluding steroid dienone is 1. The molecule has 1 aliphatic carbocycles. The number of aryl methyl sites for hydroxylation is 1. The molecule has 0 spiro atoms. The molecular formula is C13H15FOS. The Hall–Kier alpha value is -0.960. The molecule has 3 heteroatoms. The van der Waals surface area contributed by atoms with Crippen LogP contribution in [0.25, 0.3) is 0 Å². The van der Waals surface area contributed by atoms with Gasteiger partial charge in [0.1, 0.15) is 10.8 Å². The topological polar surface area (TPSA) is 17.1 Å². The van der Waals surface area contributed by atoms with Gasteiger partial charge >= 0.3 is 0 Å². The molecular weight excluding hydrogens is 223 g/mol. The van der Waals surface area contributed by atoms with E-state index in [0.717, 1.165) is 36.8 Å². The lowest BCUT2D eigenvalue weighted by Crippen LogP contribution is -1.95. The highest BCUT2D eigenvalue weighted by Crippen LogP contribution is 2.30. The van der Waals surface area contributed by atoms with Crippen LogP contribution in [0.5, 0.6) is 0 Å². The van der Waals surface area contributed by atoms with Gasteiger partial charge in [-0.2, -0.15) is 4.39 Å². The van der Waals surface area contributed by atoms with Crippen LogP contribution < -0.4 is 0 Å². The van der Waals surface area contributed by atoms with Crippen LogP contribution in [0.4, 0.5) is 4.39 Å². The predicted molar refractivity (Wildman–Crippen MR) is 64.2 cm³/mol. The third-order valence-electron chi connectivity index (χ3n) is 2.88. The molecule has 0 unspecified atom stereocenters. The van der Waals surface area contributed by atoms with Crippen LogP contribution in [0.2, 0.25) is 0 Å². The van der Waals surface area contributed by atoms with E-state index in [1.54, 1.807) is 12.1 Å². The highest BCUT2D eigenvalue weighted by Gasteiger charge is 2.18. The molecule has 0 saturated heterocycles. The molecule has 16 heavy (non-hydrogen) atoms. The molecule has 0 N–H and O–H groups in total. The Kier molecular flexibility index (Phi) is 3.54. The molecule has 1 aromatic carbocycles. The van der Waals surface area contributed by atoms with Gasteiger partial charge in [-0.1, -0.05) is 17.7 Å². The maximum Gasteiger partial charge on any atom is 0.190 e. The summed E-state index contributed by atoms with van der Waals surface area (Å²) in [5.41, 5.74) is 1.84. The standard InChI is InChI=1S/C13H15FOS/c1-10-6-8-12(9-7-10)16(15)13(14)11-4-2-3-5-11/h6-9H,2-5H2,1H3/t16-/m0/s1. The fourth-order valence-electron chi connectivity index (χ4n) is 1.89. The van der Waals surface area contributed by atoms with Crippen molar-refractivity contribution >= 4 is 10.8 Å². The summed E-state index contributed by atoms with van der Waals surface area (Å²) in [5.74, 6) is 0. The molecule has 1 atom stereocenters. The van der Waals surface area contributed by atoms with Gasteiger partial charge in [-0.25, -0.2) is 4.21 Å². The molecule has 0 bridgehead atoms. The summed E-state index contributed by atoms with van der Waals surface area (Å²) in [6.07, 6.45) is 3.58. The molecule has 86 valence electrons. The fourth-order valence-corrected chi connectivity index (χ4v) is 2.95. The Labute approximate surface area is 97.8 Å². The van der Waals surface area contributed by atoms with Crippen molar-refractivity contribution in [2.75, 3.05) is 0 Å². The van der Waals surface area contributed by atoms with Crippen LogP contribution in [0.3, 0.4) is 0 Å². The summed E-state index contributed by atoms with van der Waals surface area (Å²) in [6.45, 7) is 1.96. The Morgan fingerprint density at radius 3 is 2.31 bits per heavy atom. The maximum atomic E-state index is 13.9. The number of benzene rings is 1. The van der Waals surface area contributed by atoms with Gasteiger partial charge in [0.05, 0.1) is 0 Å². The number of hydrogen-bond donors (Lipinski definition) is 0. The van der Waals surface area contributed by atoms with Crippen LogP contribution in [0, 0.1) is 6.92 Å². The highest BCUT2D eigenvalue weighted by molar-refractivity contribution is 7.88. The van der Waals surface area contributed by atoms with Crippen LogP contribution >= 0.6 is 0 Å². The Balaban J connectivity index is 2.25. The van der Waals surface area contributed by atoms with Gasteiger partial charge in [0.25, 0.3) is 0 Å². The molecule has 0 amide bonds. The minimum atomic E-state index is -1.61. The SMILES string of the molecule is Cc1ccc([S@](=O)C(F)=C2CCCC2)cc1. The van der Waals surface area contributed by atoms with Gasteiger partial charge in [-0.3, -0.25) is 0 Å². The summed E-state index contributed by atoms with van der Waals surface area (Å²) < 4.78 is 25.8. The highest BCUT2D eigenvalue weighted by atomic mass is 32.2. The number of hydrogen-bond acceptors (Lipinski definition) is 1. The first-order valence-electron chi connectivity index (χ1n) is 5.54. The quantitative estimate of drug-likeness (QED) is 0.764. The lowest BCUT2D eigenvalue weighted by molar-refractivity contribution is 0.640. The minimum absolute atomic E-state index is 0.415. The zero-order valence-electron chi connectivity index (χ0n) is 9.33. The van der Waals surface area contributed by atoms with E-state index in [1.165, 1.54) is 0 Å². The average Bonchev–Trinajstić information content (AvgIpc) is 2.81. The second-order valence-electron chi connectivity index (χ2n) is 4.17. The van der Waals surface area contributed by atoms with Crippen molar-refractivity contribution in [1.29, 1.82) is 0 Å². The van der Waals surface area contributed by atoms with Crippen molar-refractivity contribution in [3.8, 4) is 0 Å². The van der Waals surface area contributed by atoms with Crippen molar-refractivity contribution in [2.24, 2.45) is 0 Å². The van der Waals surface area contributed by atoms with Crippen LogP contribution in [0.1, 0.15) is 31.2 Å². The molecule has 0 aromatic heterocycles. The van der Waals surface area contributed by atoms with Crippen LogP contribution in [-0.2, 0) is 10.8 Å². The summed E-state index contributed by atoms with van der Waals surface area (Å²) in [5, 5.41) is -0.415. The molecule has 1 saturated carbocycles. The largest absolute Gasteiger partial charge is 0.247 e. The minimum Gasteiger partial charge on any atom is -0.247 e. The van der Waals surface area contributed by atoms with Crippen molar-refractivity contribution in [1.82, 2.24) is 0 Å². The van der Waals surface area contributed by atoms with Gasteiger partial charge in [0.2, 0.25) is 0 Å². The van der Waals surface area contributed by atoms with E-state index in [0.29, 0.717) is 4.90 Å². The first-order chi connectivity index (χ1) is 7.68. The maximum absolute atomic E-state index is 13.9. The lowest BCUT2D eigenvalue weighted by Gasteiger charge is -2.03. The van der Waals surface area contributed by atoms with E-state index in [2.05, 4.69) is 0 Å². The predicted octanol–water partition coefficient (Wildman–Crippen LogP) is 3.86. The van der Waals surface area contributed by atoms with Gasteiger partial charge in [-0.05, 0) is 50.3 Å². The van der Waals surface area contributed by atoms with E-state index in [9.17, 15) is 8.60 Å². The van der Waals surface area contributed by atoms with Gasteiger partial charge in [0, 0.05) is 4.90 Å². The third kappa shape index (κ3) is 2.40. The molecule has 0 radical (unpaired) electrons. The Morgan fingerprint density at radius 1 is 1.19 bits per heavy atom.